The molecule has 90 valence electrons. The zero-order valence-corrected chi connectivity index (χ0v) is 11.7. The Bertz CT molecular complexity index is 380. The lowest BCUT2D eigenvalue weighted by Gasteiger charge is -2.37. The minimum Gasteiger partial charge on any atom is -0.389 e. The van der Waals surface area contributed by atoms with Crippen molar-refractivity contribution in [3.8, 4) is 0 Å². The fraction of sp³-hybridized carbons (Fsp3) is 0.538. The summed E-state index contributed by atoms with van der Waals surface area (Å²) in [5.41, 5.74) is -0.331. The van der Waals surface area contributed by atoms with Crippen LogP contribution < -0.4 is 0 Å². The SMILES string of the molecule is CC(C)(C)C(C)(O)Cc1cccc(F)c1Br. The largest absolute Gasteiger partial charge is 0.389 e. The molecular weight excluding hydrogens is 271 g/mol. The van der Waals surface area contributed by atoms with Gasteiger partial charge in [0.05, 0.1) is 10.1 Å². The van der Waals surface area contributed by atoms with Crippen molar-refractivity contribution in [2.24, 2.45) is 5.41 Å². The molecule has 0 saturated carbocycles. The monoisotopic (exact) mass is 288 g/mol. The van der Waals surface area contributed by atoms with Gasteiger partial charge in [0.2, 0.25) is 0 Å². The maximum absolute atomic E-state index is 13.3. The summed E-state index contributed by atoms with van der Waals surface area (Å²) < 4.78 is 13.8. The first-order valence-corrected chi connectivity index (χ1v) is 6.10. The van der Waals surface area contributed by atoms with E-state index in [1.54, 1.807) is 13.0 Å². The number of benzene rings is 1. The number of halogens is 2. The Labute approximate surface area is 105 Å². The molecule has 0 bridgehead atoms. The van der Waals surface area contributed by atoms with Crippen molar-refractivity contribution in [3.05, 3.63) is 34.1 Å². The molecule has 1 aromatic rings. The highest BCUT2D eigenvalue weighted by Gasteiger charge is 2.35. The Balaban J connectivity index is 3.02. The van der Waals surface area contributed by atoms with E-state index in [-0.39, 0.29) is 11.2 Å². The Morgan fingerprint density at radius 1 is 1.25 bits per heavy atom. The summed E-state index contributed by atoms with van der Waals surface area (Å²) in [5.74, 6) is -0.290. The maximum atomic E-state index is 13.3. The molecule has 1 rings (SSSR count). The molecule has 1 unspecified atom stereocenters. The van der Waals surface area contributed by atoms with Crippen LogP contribution in [0.25, 0.3) is 0 Å². The van der Waals surface area contributed by atoms with Crippen LogP contribution in [0.1, 0.15) is 33.3 Å². The van der Waals surface area contributed by atoms with E-state index in [1.165, 1.54) is 6.07 Å². The minimum absolute atomic E-state index is 0.251. The van der Waals surface area contributed by atoms with Gasteiger partial charge in [-0.25, -0.2) is 4.39 Å². The first kappa shape index (κ1) is 13.7. The van der Waals surface area contributed by atoms with Crippen LogP contribution >= 0.6 is 15.9 Å². The summed E-state index contributed by atoms with van der Waals surface area (Å²) in [4.78, 5) is 0. The van der Waals surface area contributed by atoms with Gasteiger partial charge in [0, 0.05) is 6.42 Å². The molecular formula is C13H18BrFO. The standard InChI is InChI=1S/C13H18BrFO/c1-12(2,3)13(4,16)8-9-6-5-7-10(15)11(9)14/h5-7,16H,8H2,1-4H3. The quantitative estimate of drug-likeness (QED) is 0.874. The van der Waals surface area contributed by atoms with Gasteiger partial charge in [-0.3, -0.25) is 0 Å². The lowest BCUT2D eigenvalue weighted by molar-refractivity contribution is -0.0407. The molecule has 0 aliphatic rings. The molecule has 0 aliphatic carbocycles. The van der Waals surface area contributed by atoms with Gasteiger partial charge in [-0.05, 0) is 39.9 Å². The van der Waals surface area contributed by atoms with Crippen LogP contribution in [0.3, 0.4) is 0 Å². The van der Waals surface area contributed by atoms with Gasteiger partial charge in [0.15, 0.2) is 0 Å². The molecule has 1 nitrogen and oxygen atoms in total. The minimum atomic E-state index is -0.872. The van der Waals surface area contributed by atoms with E-state index in [2.05, 4.69) is 15.9 Å². The van der Waals surface area contributed by atoms with Crippen LogP contribution in [0.2, 0.25) is 0 Å². The van der Waals surface area contributed by atoms with Crippen LogP contribution in [0.15, 0.2) is 22.7 Å². The Morgan fingerprint density at radius 3 is 2.31 bits per heavy atom. The second-order valence-electron chi connectivity index (χ2n) is 5.41. The Kier molecular flexibility index (Phi) is 3.80. The molecule has 0 saturated heterocycles. The summed E-state index contributed by atoms with van der Waals surface area (Å²) in [7, 11) is 0. The van der Waals surface area contributed by atoms with Crippen LogP contribution in [-0.4, -0.2) is 10.7 Å². The second kappa shape index (κ2) is 4.46. The topological polar surface area (TPSA) is 20.2 Å². The molecule has 0 radical (unpaired) electrons. The summed E-state index contributed by atoms with van der Waals surface area (Å²) in [6.45, 7) is 7.70. The summed E-state index contributed by atoms with van der Waals surface area (Å²) in [5, 5.41) is 10.4. The van der Waals surface area contributed by atoms with Gasteiger partial charge in [0.25, 0.3) is 0 Å². The number of hydrogen-bond donors (Lipinski definition) is 1. The number of aliphatic hydroxyl groups is 1. The third kappa shape index (κ3) is 2.83. The number of rotatable bonds is 2. The van der Waals surface area contributed by atoms with Gasteiger partial charge in [0.1, 0.15) is 5.82 Å². The molecule has 3 heteroatoms. The highest BCUT2D eigenvalue weighted by atomic mass is 79.9. The second-order valence-corrected chi connectivity index (χ2v) is 6.21. The highest BCUT2D eigenvalue weighted by molar-refractivity contribution is 9.10. The van der Waals surface area contributed by atoms with E-state index in [4.69, 9.17) is 0 Å². The van der Waals surface area contributed by atoms with Crippen molar-refractivity contribution < 1.29 is 9.50 Å². The predicted octanol–water partition coefficient (Wildman–Crippen LogP) is 3.93. The first-order chi connectivity index (χ1) is 7.15. The molecule has 0 aromatic heterocycles. The Hall–Kier alpha value is -0.410. The third-order valence-electron chi connectivity index (χ3n) is 3.18. The fourth-order valence-electron chi connectivity index (χ4n) is 1.32. The maximum Gasteiger partial charge on any atom is 0.137 e. The van der Waals surface area contributed by atoms with E-state index in [1.807, 2.05) is 26.8 Å². The van der Waals surface area contributed by atoms with Crippen molar-refractivity contribution in [1.82, 2.24) is 0 Å². The summed E-state index contributed by atoms with van der Waals surface area (Å²) in [6, 6.07) is 4.89. The van der Waals surface area contributed by atoms with E-state index in [9.17, 15) is 9.50 Å². The van der Waals surface area contributed by atoms with Crippen LogP contribution in [-0.2, 0) is 6.42 Å². The molecule has 0 spiro atoms. The molecule has 0 heterocycles. The van der Waals surface area contributed by atoms with Crippen LogP contribution in [0.5, 0.6) is 0 Å². The average molecular weight is 289 g/mol. The normalized spacial score (nSPS) is 15.9. The van der Waals surface area contributed by atoms with Crippen molar-refractivity contribution in [2.45, 2.75) is 39.7 Å². The predicted molar refractivity (Wildman–Crippen MR) is 67.9 cm³/mol. The van der Waals surface area contributed by atoms with Gasteiger partial charge < -0.3 is 5.11 Å². The van der Waals surface area contributed by atoms with Gasteiger partial charge >= 0.3 is 0 Å². The average Bonchev–Trinajstić information content (AvgIpc) is 2.11. The van der Waals surface area contributed by atoms with Gasteiger partial charge in [-0.2, -0.15) is 0 Å². The van der Waals surface area contributed by atoms with Gasteiger partial charge in [-0.15, -0.1) is 0 Å². The highest BCUT2D eigenvalue weighted by Crippen LogP contribution is 2.35. The number of hydrogen-bond acceptors (Lipinski definition) is 1. The molecule has 0 fully saturated rings. The molecule has 1 atom stereocenters. The van der Waals surface area contributed by atoms with E-state index in [0.29, 0.717) is 10.9 Å². The molecule has 1 N–H and O–H groups in total. The van der Waals surface area contributed by atoms with Crippen molar-refractivity contribution >= 4 is 15.9 Å². The summed E-state index contributed by atoms with van der Waals surface area (Å²) in [6.07, 6.45) is 0.425. The summed E-state index contributed by atoms with van der Waals surface area (Å²) >= 11 is 3.21. The zero-order chi connectivity index (χ0) is 12.6. The first-order valence-electron chi connectivity index (χ1n) is 5.30. The van der Waals surface area contributed by atoms with Crippen molar-refractivity contribution in [1.29, 1.82) is 0 Å². The molecule has 1 aromatic carbocycles. The smallest absolute Gasteiger partial charge is 0.137 e. The Morgan fingerprint density at radius 2 is 1.81 bits per heavy atom. The lowest BCUT2D eigenvalue weighted by atomic mass is 9.74. The van der Waals surface area contributed by atoms with E-state index < -0.39 is 5.60 Å². The lowest BCUT2D eigenvalue weighted by Crippen LogP contribution is -2.41. The fourth-order valence-corrected chi connectivity index (χ4v) is 1.73. The van der Waals surface area contributed by atoms with Crippen LogP contribution in [0.4, 0.5) is 4.39 Å². The van der Waals surface area contributed by atoms with Crippen molar-refractivity contribution in [3.63, 3.8) is 0 Å². The van der Waals surface area contributed by atoms with E-state index in [0.717, 1.165) is 5.56 Å². The van der Waals surface area contributed by atoms with E-state index >= 15 is 0 Å². The van der Waals surface area contributed by atoms with Gasteiger partial charge in [-0.1, -0.05) is 32.9 Å². The zero-order valence-electron chi connectivity index (χ0n) is 10.1. The van der Waals surface area contributed by atoms with Crippen LogP contribution in [0, 0.1) is 11.2 Å². The molecule has 0 aliphatic heterocycles. The molecule has 16 heavy (non-hydrogen) atoms. The third-order valence-corrected chi connectivity index (χ3v) is 4.07. The van der Waals surface area contributed by atoms with Crippen molar-refractivity contribution in [2.75, 3.05) is 0 Å². The molecule has 0 amide bonds.